The second-order valence-corrected chi connectivity index (χ2v) is 3.81. The Kier molecular flexibility index (Phi) is 4.24. The smallest absolute Gasteiger partial charge is 0.0672 e. The quantitative estimate of drug-likeness (QED) is 0.667. The Hall–Kier alpha value is -0.550. The van der Waals surface area contributed by atoms with Crippen molar-refractivity contribution in [3.05, 3.63) is 0 Å². The van der Waals surface area contributed by atoms with Crippen molar-refractivity contribution in [2.24, 2.45) is 5.92 Å². The van der Waals surface area contributed by atoms with Gasteiger partial charge in [-0.25, -0.2) is 0 Å². The van der Waals surface area contributed by atoms with Gasteiger partial charge in [0, 0.05) is 6.04 Å². The molecule has 1 fully saturated rings. The molecule has 0 amide bonds. The number of hydrogen-bond donors (Lipinski definition) is 0. The van der Waals surface area contributed by atoms with Gasteiger partial charge in [0.1, 0.15) is 0 Å². The normalized spacial score (nSPS) is 28.8. The lowest BCUT2D eigenvalue weighted by atomic mass is 9.84. The first-order chi connectivity index (χ1) is 6.33. The molecule has 2 heteroatoms. The van der Waals surface area contributed by atoms with E-state index >= 15 is 0 Å². The molecule has 0 aliphatic heterocycles. The monoisotopic (exact) mass is 180 g/mol. The van der Waals surface area contributed by atoms with Crippen LogP contribution < -0.4 is 0 Å². The van der Waals surface area contributed by atoms with E-state index in [1.165, 1.54) is 19.3 Å². The van der Waals surface area contributed by atoms with Crippen molar-refractivity contribution in [1.82, 2.24) is 4.90 Å². The first kappa shape index (κ1) is 10.5. The first-order valence-corrected chi connectivity index (χ1v) is 5.47. The van der Waals surface area contributed by atoms with Crippen molar-refractivity contribution in [3.8, 4) is 6.07 Å². The SMILES string of the molecule is CCN(CC)C1CCCCC1C#N. The zero-order valence-electron chi connectivity index (χ0n) is 8.79. The predicted octanol–water partition coefficient (Wildman–Crippen LogP) is 2.41. The summed E-state index contributed by atoms with van der Waals surface area (Å²) in [4.78, 5) is 2.44. The Morgan fingerprint density at radius 2 is 1.85 bits per heavy atom. The van der Waals surface area contributed by atoms with Crippen LogP contribution in [0.4, 0.5) is 0 Å². The van der Waals surface area contributed by atoms with Gasteiger partial charge in [0.15, 0.2) is 0 Å². The second kappa shape index (κ2) is 5.24. The van der Waals surface area contributed by atoms with Crippen LogP contribution in [0.15, 0.2) is 0 Å². The van der Waals surface area contributed by atoms with Gasteiger partial charge in [-0.05, 0) is 25.9 Å². The number of nitriles is 1. The summed E-state index contributed by atoms with van der Waals surface area (Å²) in [5, 5.41) is 9.02. The standard InChI is InChI=1S/C11H20N2/c1-3-13(4-2)11-8-6-5-7-10(11)9-12/h10-11H,3-8H2,1-2H3. The lowest BCUT2D eigenvalue weighted by Crippen LogP contribution is -2.41. The minimum absolute atomic E-state index is 0.286. The average molecular weight is 180 g/mol. The summed E-state index contributed by atoms with van der Waals surface area (Å²) in [5.41, 5.74) is 0. The van der Waals surface area contributed by atoms with E-state index in [1.54, 1.807) is 0 Å². The molecule has 1 aliphatic carbocycles. The fourth-order valence-corrected chi connectivity index (χ4v) is 2.39. The minimum Gasteiger partial charge on any atom is -0.300 e. The average Bonchev–Trinajstić information content (AvgIpc) is 2.20. The molecule has 2 atom stereocenters. The van der Waals surface area contributed by atoms with E-state index in [4.69, 9.17) is 5.26 Å². The topological polar surface area (TPSA) is 27.0 Å². The molecular formula is C11H20N2. The fourth-order valence-electron chi connectivity index (χ4n) is 2.39. The van der Waals surface area contributed by atoms with E-state index in [0.29, 0.717) is 6.04 Å². The maximum Gasteiger partial charge on any atom is 0.0672 e. The van der Waals surface area contributed by atoms with Crippen molar-refractivity contribution in [1.29, 1.82) is 5.26 Å². The summed E-state index contributed by atoms with van der Waals surface area (Å²) in [5.74, 6) is 0.286. The molecule has 2 nitrogen and oxygen atoms in total. The van der Waals surface area contributed by atoms with Gasteiger partial charge < -0.3 is 0 Å². The van der Waals surface area contributed by atoms with Gasteiger partial charge >= 0.3 is 0 Å². The van der Waals surface area contributed by atoms with E-state index in [0.717, 1.165) is 19.5 Å². The minimum atomic E-state index is 0.286. The lowest BCUT2D eigenvalue weighted by molar-refractivity contribution is 0.140. The van der Waals surface area contributed by atoms with Gasteiger partial charge in [0.25, 0.3) is 0 Å². The Labute approximate surface area is 81.5 Å². The van der Waals surface area contributed by atoms with Gasteiger partial charge in [-0.1, -0.05) is 26.7 Å². The molecule has 0 radical (unpaired) electrons. The molecule has 0 saturated heterocycles. The van der Waals surface area contributed by atoms with E-state index in [1.807, 2.05) is 0 Å². The van der Waals surface area contributed by atoms with Gasteiger partial charge in [-0.15, -0.1) is 0 Å². The van der Waals surface area contributed by atoms with Crippen LogP contribution in [0.3, 0.4) is 0 Å². The lowest BCUT2D eigenvalue weighted by Gasteiger charge is -2.35. The van der Waals surface area contributed by atoms with Crippen LogP contribution in [0.5, 0.6) is 0 Å². The van der Waals surface area contributed by atoms with Crippen molar-refractivity contribution in [3.63, 3.8) is 0 Å². The van der Waals surface area contributed by atoms with Crippen LogP contribution in [0.2, 0.25) is 0 Å². The van der Waals surface area contributed by atoms with Gasteiger partial charge in [0.05, 0.1) is 12.0 Å². The molecule has 0 heterocycles. The van der Waals surface area contributed by atoms with Crippen LogP contribution in [-0.2, 0) is 0 Å². The maximum atomic E-state index is 9.02. The van der Waals surface area contributed by atoms with E-state index in [2.05, 4.69) is 24.8 Å². The fraction of sp³-hybridized carbons (Fsp3) is 0.909. The van der Waals surface area contributed by atoms with Crippen LogP contribution in [0, 0.1) is 17.2 Å². The maximum absolute atomic E-state index is 9.02. The first-order valence-electron chi connectivity index (χ1n) is 5.47. The third-order valence-corrected chi connectivity index (χ3v) is 3.18. The predicted molar refractivity (Wildman–Crippen MR) is 54.3 cm³/mol. The largest absolute Gasteiger partial charge is 0.300 e. The summed E-state index contributed by atoms with van der Waals surface area (Å²) in [7, 11) is 0. The Balaban J connectivity index is 2.58. The Morgan fingerprint density at radius 1 is 1.23 bits per heavy atom. The van der Waals surface area contributed by atoms with E-state index in [-0.39, 0.29) is 5.92 Å². The third kappa shape index (κ3) is 2.45. The summed E-state index contributed by atoms with van der Waals surface area (Å²) in [6.45, 7) is 6.54. The molecule has 0 aromatic heterocycles. The third-order valence-electron chi connectivity index (χ3n) is 3.18. The highest BCUT2D eigenvalue weighted by molar-refractivity contribution is 4.95. The molecule has 0 spiro atoms. The summed E-state index contributed by atoms with van der Waals surface area (Å²) in [6, 6.07) is 3.00. The molecule has 1 rings (SSSR count). The molecule has 1 aliphatic rings. The summed E-state index contributed by atoms with van der Waals surface area (Å²) < 4.78 is 0. The van der Waals surface area contributed by atoms with Crippen LogP contribution in [0.25, 0.3) is 0 Å². The number of nitrogens with zero attached hydrogens (tertiary/aromatic N) is 2. The second-order valence-electron chi connectivity index (χ2n) is 3.81. The molecule has 0 bridgehead atoms. The molecular weight excluding hydrogens is 160 g/mol. The van der Waals surface area contributed by atoms with Crippen molar-refractivity contribution in [2.45, 2.75) is 45.6 Å². The Bertz CT molecular complexity index is 179. The molecule has 2 unspecified atom stereocenters. The molecule has 0 N–H and O–H groups in total. The van der Waals surface area contributed by atoms with E-state index in [9.17, 15) is 0 Å². The van der Waals surface area contributed by atoms with Gasteiger partial charge in [-0.2, -0.15) is 5.26 Å². The highest BCUT2D eigenvalue weighted by atomic mass is 15.1. The van der Waals surface area contributed by atoms with Crippen LogP contribution in [-0.4, -0.2) is 24.0 Å². The summed E-state index contributed by atoms with van der Waals surface area (Å²) >= 11 is 0. The van der Waals surface area contributed by atoms with Crippen LogP contribution >= 0.6 is 0 Å². The van der Waals surface area contributed by atoms with Gasteiger partial charge in [0.2, 0.25) is 0 Å². The summed E-state index contributed by atoms with van der Waals surface area (Å²) in [6.07, 6.45) is 4.88. The molecule has 0 aromatic rings. The number of hydrogen-bond acceptors (Lipinski definition) is 2. The zero-order valence-corrected chi connectivity index (χ0v) is 8.79. The molecule has 1 saturated carbocycles. The zero-order chi connectivity index (χ0) is 9.68. The Morgan fingerprint density at radius 3 is 2.38 bits per heavy atom. The van der Waals surface area contributed by atoms with Crippen molar-refractivity contribution in [2.75, 3.05) is 13.1 Å². The molecule has 74 valence electrons. The van der Waals surface area contributed by atoms with E-state index < -0.39 is 0 Å². The van der Waals surface area contributed by atoms with Crippen molar-refractivity contribution >= 4 is 0 Å². The number of rotatable bonds is 3. The molecule has 13 heavy (non-hydrogen) atoms. The van der Waals surface area contributed by atoms with Crippen molar-refractivity contribution < 1.29 is 0 Å². The highest BCUT2D eigenvalue weighted by Crippen LogP contribution is 2.27. The highest BCUT2D eigenvalue weighted by Gasteiger charge is 2.28. The molecule has 0 aromatic carbocycles. The van der Waals surface area contributed by atoms with Crippen LogP contribution in [0.1, 0.15) is 39.5 Å². The van der Waals surface area contributed by atoms with Gasteiger partial charge in [-0.3, -0.25) is 4.90 Å².